The number of hydrogen-bond acceptors (Lipinski definition) is 6. The van der Waals surface area contributed by atoms with Gasteiger partial charge in [-0.2, -0.15) is 0 Å². The molecule has 1 aliphatic rings. The number of aromatic nitrogens is 1. The number of hydrogen-bond donors (Lipinski definition) is 1. The van der Waals surface area contributed by atoms with E-state index in [0.717, 1.165) is 74.1 Å². The minimum Gasteiger partial charge on any atom is -0.497 e. The van der Waals surface area contributed by atoms with Crippen LogP contribution in [0.1, 0.15) is 42.5 Å². The maximum Gasteiger partial charge on any atom is 0.303 e. The van der Waals surface area contributed by atoms with Gasteiger partial charge in [-0.15, -0.1) is 23.1 Å². The highest BCUT2D eigenvalue weighted by molar-refractivity contribution is 8.01. The van der Waals surface area contributed by atoms with Gasteiger partial charge in [-0.1, -0.05) is 0 Å². The minimum absolute atomic E-state index is 0.239. The lowest BCUT2D eigenvalue weighted by atomic mass is 9.80. The molecule has 1 fully saturated rings. The molecule has 3 heterocycles. The van der Waals surface area contributed by atoms with Crippen molar-refractivity contribution in [2.45, 2.75) is 49.7 Å². The summed E-state index contributed by atoms with van der Waals surface area (Å²) in [6, 6.07) is 12.5. The van der Waals surface area contributed by atoms with E-state index in [4.69, 9.17) is 4.74 Å². The van der Waals surface area contributed by atoms with Crippen molar-refractivity contribution in [3.8, 4) is 5.75 Å². The van der Waals surface area contributed by atoms with Gasteiger partial charge in [-0.05, 0) is 106 Å². The van der Waals surface area contributed by atoms with Crippen molar-refractivity contribution >= 4 is 40.0 Å². The second-order valence-corrected chi connectivity index (χ2v) is 12.2. The number of thioether (sulfide) groups is 1. The molecule has 1 saturated heterocycles. The molecule has 0 radical (unpaired) electrons. The molecule has 2 aromatic heterocycles. The van der Waals surface area contributed by atoms with Gasteiger partial charge in [0.2, 0.25) is 0 Å². The van der Waals surface area contributed by atoms with Crippen LogP contribution in [0.3, 0.4) is 0 Å². The summed E-state index contributed by atoms with van der Waals surface area (Å²) in [6.07, 6.45) is 7.52. The molecule has 1 N–H and O–H groups in total. The number of piperidine rings is 1. The number of benzene rings is 1. The molecule has 188 valence electrons. The van der Waals surface area contributed by atoms with Gasteiger partial charge >= 0.3 is 5.97 Å². The van der Waals surface area contributed by atoms with Gasteiger partial charge in [0.25, 0.3) is 0 Å². The van der Waals surface area contributed by atoms with Gasteiger partial charge in [0.1, 0.15) is 5.75 Å². The van der Waals surface area contributed by atoms with E-state index in [-0.39, 0.29) is 12.3 Å². The van der Waals surface area contributed by atoms with Crippen LogP contribution in [-0.2, 0) is 11.2 Å². The molecule has 4 rings (SSSR count). The Balaban J connectivity index is 1.27. The van der Waals surface area contributed by atoms with Crippen LogP contribution in [0.4, 0.5) is 0 Å². The fourth-order valence-electron chi connectivity index (χ4n) is 5.23. The number of likely N-dealkylation sites (tertiary alicyclic amines) is 1. The number of carboxylic acids is 1. The van der Waals surface area contributed by atoms with Gasteiger partial charge in [0, 0.05) is 35.2 Å². The molecule has 0 aliphatic carbocycles. The Morgan fingerprint density at radius 2 is 2.11 bits per heavy atom. The number of aryl methyl sites for hydroxylation is 2. The minimum atomic E-state index is -0.669. The maximum absolute atomic E-state index is 11.6. The third-order valence-corrected chi connectivity index (χ3v) is 9.36. The molecule has 3 aromatic rings. The average molecular weight is 513 g/mol. The molecule has 0 spiro atoms. The highest BCUT2D eigenvalue weighted by Gasteiger charge is 2.30. The van der Waals surface area contributed by atoms with Crippen LogP contribution in [0.2, 0.25) is 0 Å². The summed E-state index contributed by atoms with van der Waals surface area (Å²) in [6.45, 7) is 5.21. The maximum atomic E-state index is 11.6. The van der Waals surface area contributed by atoms with E-state index in [0.29, 0.717) is 5.92 Å². The fourth-order valence-corrected chi connectivity index (χ4v) is 7.34. The number of thiophene rings is 1. The van der Waals surface area contributed by atoms with Gasteiger partial charge in [-0.3, -0.25) is 9.78 Å². The Kier molecular flexibility index (Phi) is 9.46. The molecular formula is C28H36N2O3S2. The number of pyridine rings is 1. The number of fused-ring (bicyclic) bond motifs is 1. The largest absolute Gasteiger partial charge is 0.497 e. The molecule has 1 aliphatic heterocycles. The molecule has 2 atom stereocenters. The lowest BCUT2D eigenvalue weighted by Gasteiger charge is -2.38. The molecule has 0 saturated carbocycles. The number of ether oxygens (including phenoxy) is 1. The Bertz CT molecular complexity index is 1120. The Labute approximate surface area is 216 Å². The van der Waals surface area contributed by atoms with E-state index in [2.05, 4.69) is 41.1 Å². The molecular weight excluding hydrogens is 476 g/mol. The summed E-state index contributed by atoms with van der Waals surface area (Å²) in [5.74, 6) is 2.02. The Hall–Kier alpha value is -2.09. The normalized spacial score (nSPS) is 18.7. The number of rotatable bonds is 12. The number of nitrogens with zero attached hydrogens (tertiary/aromatic N) is 2. The van der Waals surface area contributed by atoms with Gasteiger partial charge < -0.3 is 14.7 Å². The van der Waals surface area contributed by atoms with Crippen molar-refractivity contribution in [3.05, 3.63) is 53.0 Å². The van der Waals surface area contributed by atoms with Crippen molar-refractivity contribution in [1.29, 1.82) is 0 Å². The Morgan fingerprint density at radius 1 is 1.23 bits per heavy atom. The molecule has 35 heavy (non-hydrogen) atoms. The highest BCUT2D eigenvalue weighted by Crippen LogP contribution is 2.32. The zero-order valence-electron chi connectivity index (χ0n) is 20.7. The van der Waals surface area contributed by atoms with Crippen LogP contribution < -0.4 is 4.74 Å². The third kappa shape index (κ3) is 7.45. The van der Waals surface area contributed by atoms with Crippen molar-refractivity contribution in [2.24, 2.45) is 11.8 Å². The predicted molar refractivity (Wildman–Crippen MR) is 146 cm³/mol. The van der Waals surface area contributed by atoms with Crippen LogP contribution in [0.25, 0.3) is 10.9 Å². The SMILES string of the molecule is COc1ccc2nccc(CCC[C@@H]3CCN(CCCSc4ccc(C)s4)C[C@@H]3CC(=O)O)c2c1. The van der Waals surface area contributed by atoms with Crippen LogP contribution >= 0.6 is 23.1 Å². The molecule has 1 aromatic carbocycles. The summed E-state index contributed by atoms with van der Waals surface area (Å²) < 4.78 is 6.80. The monoisotopic (exact) mass is 512 g/mol. The lowest BCUT2D eigenvalue weighted by molar-refractivity contribution is -0.139. The van der Waals surface area contributed by atoms with E-state index < -0.39 is 5.97 Å². The van der Waals surface area contributed by atoms with E-state index >= 15 is 0 Å². The van der Waals surface area contributed by atoms with E-state index in [1.165, 1.54) is 14.6 Å². The fraction of sp³-hybridized carbons (Fsp3) is 0.500. The first-order valence-corrected chi connectivity index (χ1v) is 14.4. The molecule has 7 heteroatoms. The third-order valence-electron chi connectivity index (χ3n) is 7.05. The summed E-state index contributed by atoms with van der Waals surface area (Å²) in [5, 5.41) is 10.7. The number of carboxylic acid groups (broad SMARTS) is 1. The van der Waals surface area contributed by atoms with Crippen molar-refractivity contribution in [2.75, 3.05) is 32.5 Å². The summed E-state index contributed by atoms with van der Waals surface area (Å²) in [4.78, 5) is 19.9. The lowest BCUT2D eigenvalue weighted by Crippen LogP contribution is -2.41. The van der Waals surface area contributed by atoms with Crippen LogP contribution in [-0.4, -0.2) is 53.5 Å². The topological polar surface area (TPSA) is 62.7 Å². The second kappa shape index (κ2) is 12.7. The number of carbonyl (C=O) groups is 1. The van der Waals surface area contributed by atoms with Crippen molar-refractivity contribution in [3.63, 3.8) is 0 Å². The van der Waals surface area contributed by atoms with Crippen LogP contribution in [0.15, 0.2) is 46.8 Å². The van der Waals surface area contributed by atoms with E-state index in [1.807, 2.05) is 41.4 Å². The predicted octanol–water partition coefficient (Wildman–Crippen LogP) is 6.53. The molecule has 0 unspecified atom stereocenters. The van der Waals surface area contributed by atoms with Gasteiger partial charge in [0.05, 0.1) is 16.8 Å². The first-order valence-electron chi connectivity index (χ1n) is 12.6. The van der Waals surface area contributed by atoms with Crippen molar-refractivity contribution in [1.82, 2.24) is 9.88 Å². The first kappa shape index (κ1) is 26.0. The zero-order chi connectivity index (χ0) is 24.6. The summed E-state index contributed by atoms with van der Waals surface area (Å²) in [5.41, 5.74) is 2.28. The molecule has 0 amide bonds. The van der Waals surface area contributed by atoms with Crippen LogP contribution in [0, 0.1) is 18.8 Å². The molecule has 5 nitrogen and oxygen atoms in total. The number of methoxy groups -OCH3 is 1. The average Bonchev–Trinajstić information content (AvgIpc) is 3.27. The zero-order valence-corrected chi connectivity index (χ0v) is 22.4. The number of aliphatic carboxylic acids is 1. The van der Waals surface area contributed by atoms with E-state index in [9.17, 15) is 9.90 Å². The van der Waals surface area contributed by atoms with Gasteiger partial charge in [-0.25, -0.2) is 0 Å². The van der Waals surface area contributed by atoms with Crippen molar-refractivity contribution < 1.29 is 14.6 Å². The standard InChI is InChI=1S/C28H36N2O3S2/c1-20-7-10-28(35-20)34-16-4-14-30-15-12-21(23(19-30)17-27(31)32)5-3-6-22-11-13-29-26-9-8-24(33-2)18-25(22)26/h7-11,13,18,21,23H,3-6,12,14-17,19H2,1-2H3,(H,31,32)/t21-,23+/m1/s1. The summed E-state index contributed by atoms with van der Waals surface area (Å²) in [7, 11) is 1.69. The quantitative estimate of drug-likeness (QED) is 0.220. The van der Waals surface area contributed by atoms with Gasteiger partial charge in [0.15, 0.2) is 0 Å². The highest BCUT2D eigenvalue weighted by atomic mass is 32.2. The molecule has 0 bridgehead atoms. The second-order valence-electron chi connectivity index (χ2n) is 9.52. The Morgan fingerprint density at radius 3 is 2.89 bits per heavy atom. The first-order chi connectivity index (χ1) is 17.0. The smallest absolute Gasteiger partial charge is 0.303 e. The summed E-state index contributed by atoms with van der Waals surface area (Å²) >= 11 is 3.80. The van der Waals surface area contributed by atoms with Crippen LogP contribution in [0.5, 0.6) is 5.75 Å². The van der Waals surface area contributed by atoms with E-state index in [1.54, 1.807) is 7.11 Å².